The number of benzene rings is 1. The van der Waals surface area contributed by atoms with Crippen LogP contribution in [0.4, 0.5) is 0 Å². The molecule has 1 aromatic carbocycles. The van der Waals surface area contributed by atoms with Gasteiger partial charge < -0.3 is 9.90 Å². The van der Waals surface area contributed by atoms with Crippen molar-refractivity contribution < 1.29 is 9.90 Å². The number of aryl methyl sites for hydroxylation is 1. The van der Waals surface area contributed by atoms with Gasteiger partial charge in [0.2, 0.25) is 5.78 Å². The van der Waals surface area contributed by atoms with Crippen molar-refractivity contribution in [3.8, 4) is 5.69 Å². The largest absolute Gasteiger partial charge is 0.549 e. The van der Waals surface area contributed by atoms with Crippen LogP contribution in [0.5, 0.6) is 0 Å². The van der Waals surface area contributed by atoms with Crippen LogP contribution in [0, 0.1) is 5.92 Å². The SMILES string of the molecule is C[C@H]1CCc2c(sc3c2c(=O)n(-c2ccccc2)c2nnc(SCC(=O)[O-])n32)C1. The lowest BCUT2D eigenvalue weighted by Crippen LogP contribution is -2.24. The van der Waals surface area contributed by atoms with Gasteiger partial charge in [0.15, 0.2) is 5.16 Å². The Balaban J connectivity index is 1.88. The molecule has 0 saturated heterocycles. The van der Waals surface area contributed by atoms with Crippen molar-refractivity contribution in [2.24, 2.45) is 5.92 Å². The van der Waals surface area contributed by atoms with Gasteiger partial charge in [-0.3, -0.25) is 4.79 Å². The summed E-state index contributed by atoms with van der Waals surface area (Å²) in [6, 6.07) is 9.35. The molecule has 7 nitrogen and oxygen atoms in total. The maximum absolute atomic E-state index is 13.6. The van der Waals surface area contributed by atoms with Crippen LogP contribution in [0.1, 0.15) is 23.8 Å². The number of carbonyl (C=O) groups is 1. The molecule has 0 spiro atoms. The molecule has 4 aromatic rings. The third kappa shape index (κ3) is 2.96. The minimum absolute atomic E-state index is 0.102. The maximum atomic E-state index is 13.6. The van der Waals surface area contributed by atoms with E-state index in [1.54, 1.807) is 15.9 Å². The number of thiophene rings is 1. The molecule has 0 amide bonds. The van der Waals surface area contributed by atoms with Crippen LogP contribution in [-0.2, 0) is 17.6 Å². The highest BCUT2D eigenvalue weighted by Gasteiger charge is 2.27. The Morgan fingerprint density at radius 2 is 2.10 bits per heavy atom. The van der Waals surface area contributed by atoms with Gasteiger partial charge in [0, 0.05) is 10.6 Å². The summed E-state index contributed by atoms with van der Waals surface area (Å²) in [6.07, 6.45) is 2.87. The molecule has 0 radical (unpaired) electrons. The van der Waals surface area contributed by atoms with E-state index < -0.39 is 5.97 Å². The lowest BCUT2D eigenvalue weighted by atomic mass is 9.89. The molecule has 1 aliphatic carbocycles. The van der Waals surface area contributed by atoms with Crippen LogP contribution in [0.15, 0.2) is 40.3 Å². The van der Waals surface area contributed by atoms with E-state index in [4.69, 9.17) is 0 Å². The summed E-state index contributed by atoms with van der Waals surface area (Å²) in [5.41, 5.74) is 1.72. The van der Waals surface area contributed by atoms with E-state index in [0.29, 0.717) is 27.9 Å². The first kappa shape index (κ1) is 18.4. The number of para-hydroxylation sites is 1. The lowest BCUT2D eigenvalue weighted by Gasteiger charge is -2.17. The molecule has 148 valence electrons. The molecule has 0 N–H and O–H groups in total. The van der Waals surface area contributed by atoms with E-state index in [9.17, 15) is 14.7 Å². The number of thioether (sulfide) groups is 1. The monoisotopic (exact) mass is 425 g/mol. The van der Waals surface area contributed by atoms with E-state index >= 15 is 0 Å². The number of hydrogen-bond donors (Lipinski definition) is 0. The first-order valence-electron chi connectivity index (χ1n) is 9.37. The van der Waals surface area contributed by atoms with Crippen LogP contribution in [-0.4, -0.2) is 30.9 Å². The molecule has 29 heavy (non-hydrogen) atoms. The molecule has 3 aromatic heterocycles. The predicted octanol–water partition coefficient (Wildman–Crippen LogP) is 2.06. The molecule has 1 atom stereocenters. The van der Waals surface area contributed by atoms with E-state index in [1.807, 2.05) is 34.7 Å². The average molecular weight is 426 g/mol. The fourth-order valence-electron chi connectivity index (χ4n) is 3.93. The number of carboxylic acids is 1. The van der Waals surface area contributed by atoms with Gasteiger partial charge in [0.05, 0.1) is 17.0 Å². The Bertz CT molecular complexity index is 1310. The van der Waals surface area contributed by atoms with Crippen molar-refractivity contribution >= 4 is 45.1 Å². The number of rotatable bonds is 4. The van der Waals surface area contributed by atoms with Crippen molar-refractivity contribution in [2.45, 2.75) is 31.3 Å². The van der Waals surface area contributed by atoms with E-state index in [1.165, 1.54) is 4.88 Å². The summed E-state index contributed by atoms with van der Waals surface area (Å²) in [5, 5.41) is 20.6. The minimum atomic E-state index is -1.17. The Labute approximate surface area is 174 Å². The molecule has 0 bridgehead atoms. The zero-order valence-electron chi connectivity index (χ0n) is 15.6. The fourth-order valence-corrected chi connectivity index (χ4v) is 6.13. The van der Waals surface area contributed by atoms with Gasteiger partial charge in [-0.1, -0.05) is 36.9 Å². The predicted molar refractivity (Wildman–Crippen MR) is 111 cm³/mol. The zero-order chi connectivity index (χ0) is 20.1. The first-order chi connectivity index (χ1) is 14.0. The molecule has 1 aliphatic rings. The van der Waals surface area contributed by atoms with Gasteiger partial charge in [0.1, 0.15) is 4.83 Å². The first-order valence-corrected chi connectivity index (χ1v) is 11.2. The Hall–Kier alpha value is -2.65. The van der Waals surface area contributed by atoms with Crippen molar-refractivity contribution in [3.63, 3.8) is 0 Å². The summed E-state index contributed by atoms with van der Waals surface area (Å²) in [7, 11) is 0. The molecule has 3 heterocycles. The van der Waals surface area contributed by atoms with Crippen molar-refractivity contribution in [1.29, 1.82) is 0 Å². The summed E-state index contributed by atoms with van der Waals surface area (Å²) in [5.74, 6) is -0.426. The maximum Gasteiger partial charge on any atom is 0.268 e. The quantitative estimate of drug-likeness (QED) is 0.465. The molecule has 0 saturated carbocycles. The molecule has 0 fully saturated rings. The third-order valence-corrected chi connectivity index (χ3v) is 7.40. The Kier molecular flexibility index (Phi) is 4.44. The van der Waals surface area contributed by atoms with Gasteiger partial charge in [-0.15, -0.1) is 21.5 Å². The Morgan fingerprint density at radius 3 is 2.86 bits per heavy atom. The highest BCUT2D eigenvalue weighted by molar-refractivity contribution is 7.99. The van der Waals surface area contributed by atoms with Gasteiger partial charge in [-0.25, -0.2) is 8.97 Å². The number of aromatic nitrogens is 4. The topological polar surface area (TPSA) is 92.3 Å². The van der Waals surface area contributed by atoms with Gasteiger partial charge in [-0.2, -0.15) is 0 Å². The Morgan fingerprint density at radius 1 is 1.31 bits per heavy atom. The lowest BCUT2D eigenvalue weighted by molar-refractivity contribution is -0.301. The van der Waals surface area contributed by atoms with Crippen LogP contribution < -0.4 is 10.7 Å². The molecular formula is C20H17N4O3S2-. The smallest absolute Gasteiger partial charge is 0.268 e. The van der Waals surface area contributed by atoms with Crippen molar-refractivity contribution in [3.05, 3.63) is 51.1 Å². The summed E-state index contributed by atoms with van der Waals surface area (Å²) < 4.78 is 3.40. The second-order valence-corrected chi connectivity index (χ2v) is 9.31. The van der Waals surface area contributed by atoms with Gasteiger partial charge in [0.25, 0.3) is 5.56 Å². The average Bonchev–Trinajstić information content (AvgIpc) is 3.28. The second kappa shape index (κ2) is 7.00. The van der Waals surface area contributed by atoms with Crippen LogP contribution in [0.3, 0.4) is 0 Å². The second-order valence-electron chi connectivity index (χ2n) is 7.29. The molecule has 5 rings (SSSR count). The zero-order valence-corrected chi connectivity index (χ0v) is 17.3. The summed E-state index contributed by atoms with van der Waals surface area (Å²) in [6.45, 7) is 2.23. The number of carboxylic acid groups (broad SMARTS) is 1. The van der Waals surface area contributed by atoms with Crippen LogP contribution in [0.25, 0.3) is 21.7 Å². The number of nitrogens with zero attached hydrogens (tertiary/aromatic N) is 4. The normalized spacial score (nSPS) is 16.4. The van der Waals surface area contributed by atoms with E-state index in [0.717, 1.165) is 41.4 Å². The minimum Gasteiger partial charge on any atom is -0.549 e. The number of fused-ring (bicyclic) bond motifs is 5. The summed E-state index contributed by atoms with van der Waals surface area (Å²) >= 11 is 2.65. The molecule has 0 unspecified atom stereocenters. The van der Waals surface area contributed by atoms with Crippen molar-refractivity contribution in [2.75, 3.05) is 5.75 Å². The van der Waals surface area contributed by atoms with Gasteiger partial charge >= 0.3 is 0 Å². The van der Waals surface area contributed by atoms with Crippen molar-refractivity contribution in [1.82, 2.24) is 19.2 Å². The molecular weight excluding hydrogens is 408 g/mol. The van der Waals surface area contributed by atoms with Crippen LogP contribution >= 0.6 is 23.1 Å². The van der Waals surface area contributed by atoms with Crippen LogP contribution in [0.2, 0.25) is 0 Å². The molecule has 9 heteroatoms. The summed E-state index contributed by atoms with van der Waals surface area (Å²) in [4.78, 5) is 26.6. The highest BCUT2D eigenvalue weighted by Crippen LogP contribution is 2.38. The number of carbonyl (C=O) groups excluding carboxylic acids is 1. The fraction of sp³-hybridized carbons (Fsp3) is 0.300. The standard InChI is InChI=1S/C20H18N4O3S2/c1-11-7-8-13-14(9-11)29-18-16(13)17(27)23(12-5-3-2-4-6-12)19-21-22-20(24(18)19)28-10-15(25)26/h2-6,11H,7-10H2,1H3,(H,25,26)/p-1/t11-/m0/s1. The number of hydrogen-bond acceptors (Lipinski definition) is 7. The van der Waals surface area contributed by atoms with E-state index in [-0.39, 0.29) is 11.3 Å². The number of aliphatic carboxylic acids is 1. The van der Waals surface area contributed by atoms with E-state index in [2.05, 4.69) is 17.1 Å². The van der Waals surface area contributed by atoms with Gasteiger partial charge in [-0.05, 0) is 42.9 Å². The third-order valence-electron chi connectivity index (χ3n) is 5.26. The highest BCUT2D eigenvalue weighted by atomic mass is 32.2. The molecule has 0 aliphatic heterocycles.